The molecule has 0 bridgehead atoms. The van der Waals surface area contributed by atoms with Gasteiger partial charge >= 0.3 is 0 Å². The lowest BCUT2D eigenvalue weighted by atomic mass is 10.2. The topological polar surface area (TPSA) is 77.8 Å². The van der Waals surface area contributed by atoms with Crippen molar-refractivity contribution >= 4 is 27.7 Å². The lowest BCUT2D eigenvalue weighted by Crippen LogP contribution is -2.34. The molecule has 0 amide bonds. The van der Waals surface area contributed by atoms with E-state index in [2.05, 4.69) is 0 Å². The van der Waals surface area contributed by atoms with Crippen molar-refractivity contribution in [2.24, 2.45) is 0 Å². The van der Waals surface area contributed by atoms with Gasteiger partial charge in [-0.25, -0.2) is 8.42 Å². The molecule has 0 aliphatic heterocycles. The second kappa shape index (κ2) is 7.62. The quantitative estimate of drug-likeness (QED) is 0.785. The second-order valence-electron chi connectivity index (χ2n) is 3.75. The van der Waals surface area contributed by atoms with Crippen LogP contribution in [-0.2, 0) is 10.0 Å². The summed E-state index contributed by atoms with van der Waals surface area (Å²) in [4.78, 5) is 0. The molecule has 0 heterocycles. The molecule has 0 saturated carbocycles. The average molecular weight is 306 g/mol. The molecule has 0 aliphatic rings. The fourth-order valence-corrected chi connectivity index (χ4v) is 2.71. The van der Waals surface area contributed by atoms with Crippen LogP contribution in [0.5, 0.6) is 0 Å². The molecule has 7 heteroatoms. The molecule has 2 N–H and O–H groups in total. The minimum atomic E-state index is -3.66. The number of sulfonamides is 1. The molecule has 0 spiro atoms. The maximum atomic E-state index is 11.9. The number of benzene rings is 1. The van der Waals surface area contributed by atoms with Crippen LogP contribution in [0.15, 0.2) is 29.7 Å². The van der Waals surface area contributed by atoms with E-state index in [0.717, 1.165) is 9.71 Å². The second-order valence-corrected chi connectivity index (χ2v) is 6.00. The van der Waals surface area contributed by atoms with Gasteiger partial charge in [0.15, 0.2) is 0 Å². The zero-order valence-electron chi connectivity index (χ0n) is 10.2. The highest BCUT2D eigenvalue weighted by atomic mass is 35.5. The molecular formula is C12H16ClNO4S. The highest BCUT2D eigenvalue weighted by Crippen LogP contribution is 2.12. The highest BCUT2D eigenvalue weighted by Gasteiger charge is 2.17. The average Bonchev–Trinajstić information content (AvgIpc) is 2.38. The van der Waals surface area contributed by atoms with Gasteiger partial charge in [0, 0.05) is 23.5 Å². The number of nitrogens with zero attached hydrogens (tertiary/aromatic N) is 1. The van der Waals surface area contributed by atoms with Crippen LogP contribution in [0, 0.1) is 0 Å². The Bertz CT molecular complexity index is 507. The molecule has 5 nitrogen and oxygen atoms in total. The van der Waals surface area contributed by atoms with E-state index in [0.29, 0.717) is 10.6 Å². The molecule has 0 fully saturated rings. The zero-order chi connectivity index (χ0) is 14.3. The van der Waals surface area contributed by atoms with Gasteiger partial charge in [-0.15, -0.1) is 0 Å². The first-order valence-electron chi connectivity index (χ1n) is 5.65. The normalized spacial score (nSPS) is 12.4. The summed E-state index contributed by atoms with van der Waals surface area (Å²) in [6, 6.07) is 6.70. The van der Waals surface area contributed by atoms with Gasteiger partial charge in [-0.05, 0) is 23.8 Å². The van der Waals surface area contributed by atoms with E-state index in [-0.39, 0.29) is 26.3 Å². The summed E-state index contributed by atoms with van der Waals surface area (Å²) < 4.78 is 24.9. The summed E-state index contributed by atoms with van der Waals surface area (Å²) in [5.74, 6) is 0. The molecule has 1 rings (SSSR count). The molecule has 0 saturated heterocycles. The summed E-state index contributed by atoms with van der Waals surface area (Å²) in [6.45, 7) is -0.691. The Hall–Kier alpha value is -0.920. The van der Waals surface area contributed by atoms with Crippen molar-refractivity contribution in [2.45, 2.75) is 0 Å². The van der Waals surface area contributed by atoms with Crippen molar-refractivity contribution in [2.75, 3.05) is 26.3 Å². The van der Waals surface area contributed by atoms with Crippen LogP contribution in [0.4, 0.5) is 0 Å². The first kappa shape index (κ1) is 16.1. The van der Waals surface area contributed by atoms with Crippen molar-refractivity contribution in [1.29, 1.82) is 0 Å². The van der Waals surface area contributed by atoms with Gasteiger partial charge in [0.25, 0.3) is 0 Å². The molecule has 1 aromatic rings. The maximum Gasteiger partial charge on any atom is 0.236 e. The first-order chi connectivity index (χ1) is 8.99. The molecule has 1 aromatic carbocycles. The molecule has 0 atom stereocenters. The van der Waals surface area contributed by atoms with Crippen molar-refractivity contribution in [3.8, 4) is 0 Å². The number of aliphatic hydroxyl groups is 2. The van der Waals surface area contributed by atoms with Crippen LogP contribution < -0.4 is 0 Å². The number of rotatable bonds is 7. The fraction of sp³-hybridized carbons (Fsp3) is 0.333. The number of hydrogen-bond acceptors (Lipinski definition) is 4. The lowest BCUT2D eigenvalue weighted by molar-refractivity contribution is 0.218. The van der Waals surface area contributed by atoms with Crippen molar-refractivity contribution in [3.05, 3.63) is 40.3 Å². The monoisotopic (exact) mass is 305 g/mol. The Morgan fingerprint density at radius 2 is 1.63 bits per heavy atom. The SMILES string of the molecule is O=S(=O)(C=Cc1ccc(Cl)cc1)N(CCO)CCO. The van der Waals surface area contributed by atoms with Crippen LogP contribution >= 0.6 is 11.6 Å². The van der Waals surface area contributed by atoms with Crippen molar-refractivity contribution in [1.82, 2.24) is 4.31 Å². The molecule has 106 valence electrons. The van der Waals surface area contributed by atoms with Crippen LogP contribution in [0.25, 0.3) is 6.08 Å². The minimum Gasteiger partial charge on any atom is -0.395 e. The van der Waals surface area contributed by atoms with Gasteiger partial charge in [-0.1, -0.05) is 23.7 Å². The Kier molecular flexibility index (Phi) is 6.47. The molecule has 0 aliphatic carbocycles. The van der Waals surface area contributed by atoms with Crippen LogP contribution in [-0.4, -0.2) is 49.2 Å². The van der Waals surface area contributed by atoms with E-state index >= 15 is 0 Å². The third-order valence-corrected chi connectivity index (χ3v) is 4.18. The van der Waals surface area contributed by atoms with Crippen molar-refractivity contribution in [3.63, 3.8) is 0 Å². The smallest absolute Gasteiger partial charge is 0.236 e. The number of halogens is 1. The predicted octanol–water partition coefficient (Wildman–Crippen LogP) is 0.927. The van der Waals surface area contributed by atoms with E-state index in [1.54, 1.807) is 24.3 Å². The van der Waals surface area contributed by atoms with Gasteiger partial charge in [0.2, 0.25) is 10.0 Å². The summed E-state index contributed by atoms with van der Waals surface area (Å²) in [7, 11) is -3.66. The van der Waals surface area contributed by atoms with Gasteiger partial charge in [0.05, 0.1) is 13.2 Å². The Morgan fingerprint density at radius 1 is 1.11 bits per heavy atom. The molecule has 0 aromatic heterocycles. The molecular weight excluding hydrogens is 290 g/mol. The van der Waals surface area contributed by atoms with E-state index < -0.39 is 10.0 Å². The van der Waals surface area contributed by atoms with E-state index in [1.165, 1.54) is 6.08 Å². The van der Waals surface area contributed by atoms with Gasteiger partial charge in [-0.3, -0.25) is 0 Å². The minimum absolute atomic E-state index is 0.0478. The summed E-state index contributed by atoms with van der Waals surface area (Å²) >= 11 is 5.73. The molecule has 0 radical (unpaired) electrons. The van der Waals surface area contributed by atoms with E-state index in [4.69, 9.17) is 21.8 Å². The first-order valence-corrected chi connectivity index (χ1v) is 7.53. The van der Waals surface area contributed by atoms with Gasteiger partial charge < -0.3 is 10.2 Å². The van der Waals surface area contributed by atoms with Crippen LogP contribution in [0.1, 0.15) is 5.56 Å². The molecule has 19 heavy (non-hydrogen) atoms. The number of aliphatic hydroxyl groups excluding tert-OH is 2. The summed E-state index contributed by atoms with van der Waals surface area (Å²) in [5.41, 5.74) is 0.695. The molecule has 0 unspecified atom stereocenters. The summed E-state index contributed by atoms with van der Waals surface area (Å²) in [5, 5.41) is 19.2. The zero-order valence-corrected chi connectivity index (χ0v) is 11.8. The number of hydrogen-bond donors (Lipinski definition) is 2. The summed E-state index contributed by atoms with van der Waals surface area (Å²) in [6.07, 6.45) is 1.44. The Balaban J connectivity index is 2.84. The fourth-order valence-electron chi connectivity index (χ4n) is 1.41. The largest absolute Gasteiger partial charge is 0.395 e. The maximum absolute atomic E-state index is 11.9. The third-order valence-electron chi connectivity index (χ3n) is 2.36. The van der Waals surface area contributed by atoms with E-state index in [1.807, 2.05) is 0 Å². The van der Waals surface area contributed by atoms with Crippen LogP contribution in [0.2, 0.25) is 5.02 Å². The van der Waals surface area contributed by atoms with E-state index in [9.17, 15) is 8.42 Å². The van der Waals surface area contributed by atoms with Crippen LogP contribution in [0.3, 0.4) is 0 Å². The lowest BCUT2D eigenvalue weighted by Gasteiger charge is -2.17. The highest BCUT2D eigenvalue weighted by molar-refractivity contribution is 7.92. The standard InChI is InChI=1S/C12H16ClNO4S/c13-12-3-1-11(2-4-12)5-10-19(17,18)14(6-8-15)7-9-16/h1-5,10,15-16H,6-9H2. The Morgan fingerprint density at radius 3 is 2.11 bits per heavy atom. The van der Waals surface area contributed by atoms with Gasteiger partial charge in [-0.2, -0.15) is 4.31 Å². The Labute approximate surface area is 117 Å². The third kappa shape index (κ3) is 5.30. The van der Waals surface area contributed by atoms with Crippen molar-refractivity contribution < 1.29 is 18.6 Å². The van der Waals surface area contributed by atoms with Gasteiger partial charge in [0.1, 0.15) is 0 Å². The predicted molar refractivity (Wildman–Crippen MR) is 75.2 cm³/mol.